The van der Waals surface area contributed by atoms with Gasteiger partial charge in [0.2, 0.25) is 5.92 Å². The van der Waals surface area contributed by atoms with Crippen LogP contribution >= 0.6 is 0 Å². The number of pyridine rings is 1. The van der Waals surface area contributed by atoms with Gasteiger partial charge >= 0.3 is 5.97 Å². The molecule has 0 saturated carbocycles. The number of rotatable bonds is 10. The summed E-state index contributed by atoms with van der Waals surface area (Å²) in [5, 5.41) is 12.4. The van der Waals surface area contributed by atoms with Crippen molar-refractivity contribution in [3.8, 4) is 0 Å². The number of carboxylic acids is 1. The van der Waals surface area contributed by atoms with Gasteiger partial charge in [0.15, 0.2) is 0 Å². The molecule has 2 aromatic rings. The lowest BCUT2D eigenvalue weighted by Crippen LogP contribution is -2.19. The molecule has 0 aromatic carbocycles. The van der Waals surface area contributed by atoms with Crippen molar-refractivity contribution in [3.63, 3.8) is 0 Å². The highest BCUT2D eigenvalue weighted by Crippen LogP contribution is 2.31. The van der Waals surface area contributed by atoms with Crippen molar-refractivity contribution < 1.29 is 18.7 Å². The molecule has 0 spiro atoms. The van der Waals surface area contributed by atoms with Gasteiger partial charge in [-0.05, 0) is 62.1 Å². The van der Waals surface area contributed by atoms with E-state index in [1.807, 2.05) is 12.1 Å². The molecule has 1 aliphatic rings. The van der Waals surface area contributed by atoms with E-state index in [9.17, 15) is 13.6 Å². The van der Waals surface area contributed by atoms with Crippen molar-refractivity contribution in [2.75, 3.05) is 11.9 Å². The molecule has 1 atom stereocenters. The van der Waals surface area contributed by atoms with E-state index >= 15 is 0 Å². The molecule has 162 valence electrons. The van der Waals surface area contributed by atoms with Crippen LogP contribution in [0.3, 0.4) is 0 Å². The number of hydrogen-bond acceptors (Lipinski definition) is 5. The van der Waals surface area contributed by atoms with E-state index in [0.29, 0.717) is 23.5 Å². The van der Waals surface area contributed by atoms with E-state index in [2.05, 4.69) is 20.3 Å². The summed E-state index contributed by atoms with van der Waals surface area (Å²) < 4.78 is 28.9. The maximum atomic E-state index is 14.4. The summed E-state index contributed by atoms with van der Waals surface area (Å²) in [6.45, 7) is 2.60. The molecule has 0 radical (unpaired) electrons. The molecule has 3 heterocycles. The minimum absolute atomic E-state index is 0.121. The lowest BCUT2D eigenvalue weighted by molar-refractivity contribution is -0.137. The Morgan fingerprint density at radius 1 is 1.27 bits per heavy atom. The third kappa shape index (κ3) is 6.43. The van der Waals surface area contributed by atoms with Crippen LogP contribution in [0.25, 0.3) is 0 Å². The van der Waals surface area contributed by atoms with Crippen LogP contribution in [0.4, 0.5) is 14.6 Å². The summed E-state index contributed by atoms with van der Waals surface area (Å²) in [6.07, 6.45) is 5.34. The van der Waals surface area contributed by atoms with Gasteiger partial charge in [0.1, 0.15) is 11.6 Å². The van der Waals surface area contributed by atoms with Gasteiger partial charge in [-0.1, -0.05) is 6.07 Å². The second-order valence-electron chi connectivity index (χ2n) is 7.95. The first-order valence-electron chi connectivity index (χ1n) is 10.4. The number of alkyl halides is 2. The van der Waals surface area contributed by atoms with Gasteiger partial charge in [0.25, 0.3) is 0 Å². The highest BCUT2D eigenvalue weighted by Gasteiger charge is 2.29. The molecule has 1 aliphatic heterocycles. The predicted molar refractivity (Wildman–Crippen MR) is 110 cm³/mol. The van der Waals surface area contributed by atoms with Crippen molar-refractivity contribution in [2.24, 2.45) is 0 Å². The number of aromatic nitrogens is 3. The lowest BCUT2D eigenvalue weighted by atomic mass is 9.91. The highest BCUT2D eigenvalue weighted by molar-refractivity contribution is 5.68. The smallest absolute Gasteiger partial charge is 0.303 e. The molecule has 0 unspecified atom stereocenters. The van der Waals surface area contributed by atoms with Gasteiger partial charge in [0.05, 0.1) is 6.42 Å². The van der Waals surface area contributed by atoms with E-state index < -0.39 is 11.9 Å². The molecule has 6 nitrogen and oxygen atoms in total. The first kappa shape index (κ1) is 22.1. The fourth-order valence-corrected chi connectivity index (χ4v) is 3.76. The maximum Gasteiger partial charge on any atom is 0.303 e. The van der Waals surface area contributed by atoms with Crippen LogP contribution in [-0.4, -0.2) is 38.5 Å². The minimum atomic E-state index is -2.82. The third-order valence-corrected chi connectivity index (χ3v) is 5.49. The first-order valence-corrected chi connectivity index (χ1v) is 10.4. The van der Waals surface area contributed by atoms with E-state index in [0.717, 1.165) is 30.8 Å². The molecule has 0 saturated heterocycles. The summed E-state index contributed by atoms with van der Waals surface area (Å²) in [6, 6.07) is 3.81. The summed E-state index contributed by atoms with van der Waals surface area (Å²) in [4.78, 5) is 23.8. The molecule has 0 bridgehead atoms. The Morgan fingerprint density at radius 2 is 2.03 bits per heavy atom. The molecule has 2 aromatic heterocycles. The first-order chi connectivity index (χ1) is 14.3. The fourth-order valence-electron chi connectivity index (χ4n) is 3.76. The summed E-state index contributed by atoms with van der Waals surface area (Å²) in [5.41, 5.74) is 2.49. The van der Waals surface area contributed by atoms with Crippen LogP contribution in [0.5, 0.6) is 0 Å². The second-order valence-corrected chi connectivity index (χ2v) is 7.95. The van der Waals surface area contributed by atoms with Crippen molar-refractivity contribution in [2.45, 2.75) is 70.1 Å². The van der Waals surface area contributed by atoms with Crippen LogP contribution in [-0.2, 0) is 17.6 Å². The average molecular weight is 418 g/mol. The zero-order valence-electron chi connectivity index (χ0n) is 17.2. The summed E-state index contributed by atoms with van der Waals surface area (Å²) in [5.74, 6) is -2.74. The molecule has 30 heavy (non-hydrogen) atoms. The highest BCUT2D eigenvalue weighted by atomic mass is 19.3. The Labute approximate surface area is 175 Å². The Morgan fingerprint density at radius 3 is 2.77 bits per heavy atom. The van der Waals surface area contributed by atoms with Gasteiger partial charge in [-0.25, -0.2) is 23.7 Å². The molecule has 0 aliphatic carbocycles. The van der Waals surface area contributed by atoms with Crippen LogP contribution in [0.15, 0.2) is 24.5 Å². The Bertz CT molecular complexity index is 859. The fraction of sp³-hybridized carbons (Fsp3) is 0.545. The van der Waals surface area contributed by atoms with Crippen molar-refractivity contribution in [1.82, 2.24) is 15.0 Å². The monoisotopic (exact) mass is 418 g/mol. The number of aliphatic carboxylic acids is 1. The standard InChI is InChI=1S/C22H28F2N4O2/c1-15-26-13-18(14-27-15)17(12-20(29)30)4-2-9-22(23,24)10-8-19-7-6-16-5-3-11-25-21(16)28-19/h6-7,13-14,17H,2-5,8-12H2,1H3,(H,25,28)(H,29,30)/t17-/m1/s1. The number of halogens is 2. The number of carbonyl (C=O) groups is 1. The van der Waals surface area contributed by atoms with Crippen LogP contribution in [0.1, 0.15) is 67.1 Å². The second kappa shape index (κ2) is 9.91. The molecular weight excluding hydrogens is 390 g/mol. The average Bonchev–Trinajstić information content (AvgIpc) is 2.72. The van der Waals surface area contributed by atoms with Gasteiger partial charge in [-0.2, -0.15) is 0 Å². The van der Waals surface area contributed by atoms with Crippen molar-refractivity contribution >= 4 is 11.8 Å². The molecule has 2 N–H and O–H groups in total. The Balaban J connectivity index is 1.51. The van der Waals surface area contributed by atoms with Gasteiger partial charge < -0.3 is 10.4 Å². The van der Waals surface area contributed by atoms with Gasteiger partial charge in [-0.15, -0.1) is 0 Å². The maximum absolute atomic E-state index is 14.4. The number of aryl methyl sites for hydroxylation is 3. The van der Waals surface area contributed by atoms with Crippen molar-refractivity contribution in [3.05, 3.63) is 47.2 Å². The van der Waals surface area contributed by atoms with Gasteiger partial charge in [0, 0.05) is 37.5 Å². The Kier molecular flexibility index (Phi) is 7.29. The summed E-state index contributed by atoms with van der Waals surface area (Å²) in [7, 11) is 0. The lowest BCUT2D eigenvalue weighted by Gasteiger charge is -2.20. The van der Waals surface area contributed by atoms with E-state index in [-0.39, 0.29) is 38.0 Å². The normalized spacial score (nSPS) is 14.6. The summed E-state index contributed by atoms with van der Waals surface area (Å²) >= 11 is 0. The van der Waals surface area contributed by atoms with Crippen LogP contribution in [0.2, 0.25) is 0 Å². The number of nitrogens with one attached hydrogen (secondary N) is 1. The zero-order chi connectivity index (χ0) is 21.6. The largest absolute Gasteiger partial charge is 0.481 e. The number of anilines is 1. The SMILES string of the molecule is Cc1ncc([C@H](CCCC(F)(F)CCc2ccc3c(n2)NCCC3)CC(=O)O)cn1. The molecule has 8 heteroatoms. The minimum Gasteiger partial charge on any atom is -0.481 e. The van der Waals surface area contributed by atoms with Gasteiger partial charge in [-0.3, -0.25) is 4.79 Å². The zero-order valence-corrected chi connectivity index (χ0v) is 17.2. The topological polar surface area (TPSA) is 88.0 Å². The van der Waals surface area contributed by atoms with Crippen LogP contribution in [0, 0.1) is 6.92 Å². The number of hydrogen-bond donors (Lipinski definition) is 2. The van der Waals surface area contributed by atoms with E-state index in [4.69, 9.17) is 5.11 Å². The van der Waals surface area contributed by atoms with E-state index in [1.54, 1.807) is 19.3 Å². The third-order valence-electron chi connectivity index (χ3n) is 5.49. The molecular formula is C22H28F2N4O2. The van der Waals surface area contributed by atoms with Crippen molar-refractivity contribution in [1.29, 1.82) is 0 Å². The molecule has 0 amide bonds. The Hall–Kier alpha value is -2.64. The molecule has 3 rings (SSSR count). The van der Waals surface area contributed by atoms with E-state index in [1.165, 1.54) is 0 Å². The molecule has 0 fully saturated rings. The van der Waals surface area contributed by atoms with Crippen LogP contribution < -0.4 is 5.32 Å². The number of fused-ring (bicyclic) bond motifs is 1. The number of nitrogens with zero attached hydrogens (tertiary/aromatic N) is 3. The predicted octanol–water partition coefficient (Wildman–Crippen LogP) is 4.53. The number of carboxylic acid groups (broad SMARTS) is 1. The quantitative estimate of drug-likeness (QED) is 0.589.